The molecule has 0 aliphatic heterocycles. The van der Waals surface area contributed by atoms with Gasteiger partial charge >= 0.3 is 11.9 Å². The quantitative estimate of drug-likeness (QED) is 0.0876. The molecule has 0 aliphatic rings. The number of nitro groups is 2. The van der Waals surface area contributed by atoms with E-state index in [1.807, 2.05) is 0 Å². The van der Waals surface area contributed by atoms with E-state index < -0.39 is 31.6 Å². The van der Waals surface area contributed by atoms with Crippen molar-refractivity contribution in [3.05, 3.63) is 125 Å². The highest BCUT2D eigenvalue weighted by Gasteiger charge is 2.21. The third kappa shape index (κ3) is 6.65. The minimum Gasteiger partial charge on any atom is -0.423 e. The fourth-order valence-electron chi connectivity index (χ4n) is 3.40. The number of nitro benzene ring substituents is 2. The Balaban J connectivity index is 1.45. The first kappa shape index (κ1) is 29.5. The van der Waals surface area contributed by atoms with E-state index in [1.165, 1.54) is 72.8 Å². The monoisotopic (exact) mass is 704 g/mol. The molecular formula is C26H14Br2N2O10S. The summed E-state index contributed by atoms with van der Waals surface area (Å²) in [6.07, 6.45) is 0. The number of esters is 2. The molecule has 0 N–H and O–H groups in total. The first-order chi connectivity index (χ1) is 19.4. The zero-order valence-corrected chi connectivity index (χ0v) is 24.2. The number of rotatable bonds is 8. The number of hydrogen-bond acceptors (Lipinski definition) is 10. The van der Waals surface area contributed by atoms with Crippen LogP contribution in [0.5, 0.6) is 11.5 Å². The highest BCUT2D eigenvalue weighted by molar-refractivity contribution is 9.11. The van der Waals surface area contributed by atoms with Crippen molar-refractivity contribution in [2.75, 3.05) is 0 Å². The molecule has 0 fully saturated rings. The van der Waals surface area contributed by atoms with E-state index in [1.54, 1.807) is 0 Å². The predicted octanol–water partition coefficient (Wildman–Crippen LogP) is 6.30. The number of benzene rings is 4. The number of carbonyl (C=O) groups excluding carboxylic acids is 2. The molecule has 41 heavy (non-hydrogen) atoms. The van der Waals surface area contributed by atoms with E-state index in [0.29, 0.717) is 0 Å². The lowest BCUT2D eigenvalue weighted by atomic mass is 10.2. The van der Waals surface area contributed by atoms with Gasteiger partial charge < -0.3 is 9.47 Å². The molecule has 0 amide bonds. The van der Waals surface area contributed by atoms with Gasteiger partial charge in [-0.05, 0) is 105 Å². The minimum atomic E-state index is -4.01. The summed E-state index contributed by atoms with van der Waals surface area (Å²) >= 11 is 6.06. The second kappa shape index (κ2) is 12.0. The number of sulfone groups is 1. The summed E-state index contributed by atoms with van der Waals surface area (Å²) in [5.74, 6) is -1.73. The zero-order valence-electron chi connectivity index (χ0n) is 20.2. The number of halogens is 2. The van der Waals surface area contributed by atoms with Crippen molar-refractivity contribution >= 4 is 65.0 Å². The van der Waals surface area contributed by atoms with Crippen LogP contribution in [0.3, 0.4) is 0 Å². The molecule has 208 valence electrons. The molecule has 0 saturated carbocycles. The molecule has 0 bridgehead atoms. The van der Waals surface area contributed by atoms with Gasteiger partial charge in [0, 0.05) is 12.1 Å². The Hall–Kier alpha value is -4.47. The van der Waals surface area contributed by atoms with Crippen LogP contribution in [0.1, 0.15) is 20.7 Å². The van der Waals surface area contributed by atoms with Crippen LogP contribution >= 0.6 is 31.9 Å². The van der Waals surface area contributed by atoms with Crippen LogP contribution in [-0.4, -0.2) is 30.2 Å². The summed E-state index contributed by atoms with van der Waals surface area (Å²) in [6, 6.07) is 17.3. The summed E-state index contributed by atoms with van der Waals surface area (Å²) in [6.45, 7) is 0. The van der Waals surface area contributed by atoms with Gasteiger partial charge in [-0.3, -0.25) is 20.2 Å². The van der Waals surface area contributed by atoms with Crippen LogP contribution in [0, 0.1) is 20.2 Å². The van der Waals surface area contributed by atoms with Crippen molar-refractivity contribution in [1.82, 2.24) is 0 Å². The minimum absolute atomic E-state index is 0.00922. The largest absolute Gasteiger partial charge is 0.423 e. The van der Waals surface area contributed by atoms with Gasteiger partial charge in [0.25, 0.3) is 11.4 Å². The lowest BCUT2D eigenvalue weighted by Crippen LogP contribution is -2.10. The lowest BCUT2D eigenvalue weighted by molar-refractivity contribution is -0.385. The molecule has 0 radical (unpaired) electrons. The summed E-state index contributed by atoms with van der Waals surface area (Å²) in [4.78, 5) is 45.5. The van der Waals surface area contributed by atoms with E-state index in [4.69, 9.17) is 9.47 Å². The summed E-state index contributed by atoms with van der Waals surface area (Å²) in [5, 5.41) is 22.2. The van der Waals surface area contributed by atoms with E-state index in [9.17, 15) is 38.2 Å². The van der Waals surface area contributed by atoms with Crippen LogP contribution in [0.2, 0.25) is 0 Å². The first-order valence-electron chi connectivity index (χ1n) is 11.1. The summed E-state index contributed by atoms with van der Waals surface area (Å²) in [5.41, 5.74) is -0.788. The highest BCUT2D eigenvalue weighted by atomic mass is 79.9. The molecule has 4 aromatic rings. The average molecular weight is 706 g/mol. The molecule has 0 saturated heterocycles. The molecule has 15 heteroatoms. The van der Waals surface area contributed by atoms with Crippen LogP contribution in [0.4, 0.5) is 11.4 Å². The van der Waals surface area contributed by atoms with Crippen molar-refractivity contribution in [2.24, 2.45) is 0 Å². The zero-order chi connectivity index (χ0) is 29.9. The van der Waals surface area contributed by atoms with E-state index >= 15 is 0 Å². The van der Waals surface area contributed by atoms with Crippen molar-refractivity contribution < 1.29 is 37.3 Å². The summed E-state index contributed by atoms with van der Waals surface area (Å²) < 4.78 is 36.9. The molecule has 0 heterocycles. The lowest BCUT2D eigenvalue weighted by Gasteiger charge is -2.09. The Morgan fingerprint density at radius 2 is 0.951 bits per heavy atom. The molecule has 0 spiro atoms. The Morgan fingerprint density at radius 3 is 1.27 bits per heavy atom. The standard InChI is InChI=1S/C26H14Br2N2O10S/c27-21-11-1-15(13-23(21)29(33)34)25(31)39-17-3-7-19(8-4-17)41(37,38)20-9-5-18(6-10-20)40-26(32)16-2-12-22(28)24(14-16)30(35)36/h1-14H. The molecule has 4 rings (SSSR count). The fourth-order valence-corrected chi connectivity index (χ4v) is 5.44. The Kier molecular flexibility index (Phi) is 8.60. The number of ether oxygens (including phenoxy) is 2. The van der Waals surface area contributed by atoms with Crippen LogP contribution in [-0.2, 0) is 9.84 Å². The van der Waals surface area contributed by atoms with Gasteiger partial charge in [-0.2, -0.15) is 0 Å². The highest BCUT2D eigenvalue weighted by Crippen LogP contribution is 2.29. The van der Waals surface area contributed by atoms with Crippen molar-refractivity contribution in [2.45, 2.75) is 9.79 Å². The molecule has 0 unspecified atom stereocenters. The van der Waals surface area contributed by atoms with Gasteiger partial charge in [0.15, 0.2) is 0 Å². The van der Waals surface area contributed by atoms with E-state index in [2.05, 4.69) is 31.9 Å². The van der Waals surface area contributed by atoms with Crippen LogP contribution < -0.4 is 9.47 Å². The molecule has 4 aromatic carbocycles. The predicted molar refractivity (Wildman–Crippen MR) is 150 cm³/mol. The second-order valence-corrected chi connectivity index (χ2v) is 11.7. The Morgan fingerprint density at radius 1 is 0.610 bits per heavy atom. The molecule has 0 aromatic heterocycles. The number of hydrogen-bond donors (Lipinski definition) is 0. The van der Waals surface area contributed by atoms with Crippen LogP contribution in [0.15, 0.2) is 104 Å². The maximum atomic E-state index is 13.1. The third-order valence-corrected chi connectivity index (χ3v) is 8.57. The van der Waals surface area contributed by atoms with Crippen LogP contribution in [0.25, 0.3) is 0 Å². The average Bonchev–Trinajstić information content (AvgIpc) is 2.93. The van der Waals surface area contributed by atoms with Crippen molar-refractivity contribution in [3.8, 4) is 11.5 Å². The number of nitrogens with zero attached hydrogens (tertiary/aromatic N) is 2. The van der Waals surface area contributed by atoms with Crippen molar-refractivity contribution in [3.63, 3.8) is 0 Å². The Bertz CT molecular complexity index is 1680. The molecule has 12 nitrogen and oxygen atoms in total. The van der Waals surface area contributed by atoms with Gasteiger partial charge in [-0.25, -0.2) is 18.0 Å². The van der Waals surface area contributed by atoms with Gasteiger partial charge in [-0.15, -0.1) is 0 Å². The van der Waals surface area contributed by atoms with E-state index in [-0.39, 0.29) is 52.7 Å². The third-order valence-electron chi connectivity index (χ3n) is 5.45. The van der Waals surface area contributed by atoms with Gasteiger partial charge in [0.05, 0.1) is 39.7 Å². The second-order valence-electron chi connectivity index (χ2n) is 8.07. The smallest absolute Gasteiger partial charge is 0.343 e. The first-order valence-corrected chi connectivity index (χ1v) is 14.2. The Labute approximate surface area is 248 Å². The van der Waals surface area contributed by atoms with Crippen molar-refractivity contribution in [1.29, 1.82) is 0 Å². The fraction of sp³-hybridized carbons (Fsp3) is 0. The maximum Gasteiger partial charge on any atom is 0.343 e. The van der Waals surface area contributed by atoms with Gasteiger partial charge in [0.2, 0.25) is 9.84 Å². The molecule has 0 aliphatic carbocycles. The molecular weight excluding hydrogens is 692 g/mol. The topological polar surface area (TPSA) is 173 Å². The normalized spacial score (nSPS) is 11.0. The van der Waals surface area contributed by atoms with Gasteiger partial charge in [-0.1, -0.05) is 0 Å². The number of carbonyl (C=O) groups is 2. The van der Waals surface area contributed by atoms with Gasteiger partial charge in [0.1, 0.15) is 11.5 Å². The van der Waals surface area contributed by atoms with E-state index in [0.717, 1.165) is 12.1 Å². The maximum absolute atomic E-state index is 13.1. The molecule has 0 atom stereocenters. The SMILES string of the molecule is O=C(Oc1ccc(S(=O)(=O)c2ccc(OC(=O)c3ccc(Br)c([N+](=O)[O-])c3)cc2)cc1)c1ccc(Br)c([N+](=O)[O-])c1. The summed E-state index contributed by atoms with van der Waals surface area (Å²) in [7, 11) is -4.01.